The van der Waals surface area contributed by atoms with Crippen LogP contribution in [0.2, 0.25) is 5.15 Å². The molecule has 0 spiro atoms. The van der Waals surface area contributed by atoms with Crippen molar-refractivity contribution in [2.24, 2.45) is 0 Å². The molecule has 106 valence electrons. The maximum atomic E-state index is 6.17. The van der Waals surface area contributed by atoms with E-state index >= 15 is 0 Å². The second-order valence-corrected chi connectivity index (χ2v) is 5.41. The van der Waals surface area contributed by atoms with Gasteiger partial charge in [0.05, 0.1) is 7.11 Å². The SMILES string of the molecule is COc1ccc2c(-c3ccc(C)c(C)c3)nnc(Cl)c2c1. The van der Waals surface area contributed by atoms with Crippen molar-refractivity contribution in [1.82, 2.24) is 10.2 Å². The number of aromatic nitrogens is 2. The van der Waals surface area contributed by atoms with Gasteiger partial charge in [-0.15, -0.1) is 10.2 Å². The van der Waals surface area contributed by atoms with E-state index in [9.17, 15) is 0 Å². The van der Waals surface area contributed by atoms with Crippen LogP contribution in [0.1, 0.15) is 11.1 Å². The minimum atomic E-state index is 0.386. The Labute approximate surface area is 128 Å². The summed E-state index contributed by atoms with van der Waals surface area (Å²) in [5.74, 6) is 0.753. The Hall–Kier alpha value is -2.13. The molecule has 3 nitrogen and oxygen atoms in total. The van der Waals surface area contributed by atoms with Crippen LogP contribution in [0.3, 0.4) is 0 Å². The molecule has 0 aliphatic rings. The molecular formula is C17H15ClN2O. The van der Waals surface area contributed by atoms with Gasteiger partial charge in [-0.05, 0) is 49.2 Å². The Bertz CT molecular complexity index is 830. The van der Waals surface area contributed by atoms with Crippen molar-refractivity contribution >= 4 is 22.4 Å². The highest BCUT2D eigenvalue weighted by molar-refractivity contribution is 6.34. The Morgan fingerprint density at radius 2 is 1.71 bits per heavy atom. The zero-order valence-electron chi connectivity index (χ0n) is 12.1. The lowest BCUT2D eigenvalue weighted by atomic mass is 10.0. The quantitative estimate of drug-likeness (QED) is 0.695. The fourth-order valence-corrected chi connectivity index (χ4v) is 2.53. The summed E-state index contributed by atoms with van der Waals surface area (Å²) in [6, 6.07) is 12.0. The predicted molar refractivity (Wildman–Crippen MR) is 86.0 cm³/mol. The molecule has 0 unspecified atom stereocenters. The Balaban J connectivity index is 2.27. The molecule has 0 atom stereocenters. The first kappa shape index (κ1) is 13.8. The first-order valence-electron chi connectivity index (χ1n) is 6.67. The van der Waals surface area contributed by atoms with Crippen molar-refractivity contribution in [3.63, 3.8) is 0 Å². The molecule has 21 heavy (non-hydrogen) atoms. The van der Waals surface area contributed by atoms with Crippen LogP contribution in [0, 0.1) is 13.8 Å². The summed E-state index contributed by atoms with van der Waals surface area (Å²) in [7, 11) is 1.63. The standard InChI is InChI=1S/C17H15ClN2O/c1-10-4-5-12(8-11(10)2)16-14-7-6-13(21-3)9-15(14)17(18)20-19-16/h4-9H,1-3H3. The van der Waals surface area contributed by atoms with E-state index in [0.717, 1.165) is 27.8 Å². The summed E-state index contributed by atoms with van der Waals surface area (Å²) in [6.07, 6.45) is 0. The lowest BCUT2D eigenvalue weighted by Crippen LogP contribution is -1.93. The van der Waals surface area contributed by atoms with Crippen LogP contribution in [0.5, 0.6) is 5.75 Å². The number of fused-ring (bicyclic) bond motifs is 1. The van der Waals surface area contributed by atoms with Gasteiger partial charge in [0, 0.05) is 16.3 Å². The Morgan fingerprint density at radius 3 is 2.43 bits per heavy atom. The molecule has 0 saturated carbocycles. The van der Waals surface area contributed by atoms with Gasteiger partial charge in [0.15, 0.2) is 5.15 Å². The zero-order chi connectivity index (χ0) is 15.0. The molecule has 0 aliphatic carbocycles. The molecule has 2 aromatic carbocycles. The summed E-state index contributed by atoms with van der Waals surface area (Å²) in [5, 5.41) is 10.6. The van der Waals surface area contributed by atoms with Crippen LogP contribution in [-0.4, -0.2) is 17.3 Å². The fraction of sp³-hybridized carbons (Fsp3) is 0.176. The van der Waals surface area contributed by atoms with Gasteiger partial charge in [0.1, 0.15) is 11.4 Å². The lowest BCUT2D eigenvalue weighted by Gasteiger charge is -2.09. The molecule has 0 fully saturated rings. The molecular weight excluding hydrogens is 284 g/mol. The van der Waals surface area contributed by atoms with Crippen molar-refractivity contribution in [1.29, 1.82) is 0 Å². The van der Waals surface area contributed by atoms with Crippen LogP contribution in [0.25, 0.3) is 22.0 Å². The molecule has 0 N–H and O–H groups in total. The molecule has 0 amide bonds. The minimum Gasteiger partial charge on any atom is -0.497 e. The van der Waals surface area contributed by atoms with Crippen molar-refractivity contribution in [2.75, 3.05) is 7.11 Å². The van der Waals surface area contributed by atoms with E-state index in [1.54, 1.807) is 7.11 Å². The van der Waals surface area contributed by atoms with Gasteiger partial charge in [0.25, 0.3) is 0 Å². The third kappa shape index (κ3) is 2.45. The molecule has 0 radical (unpaired) electrons. The second kappa shape index (κ2) is 5.34. The molecule has 0 aliphatic heterocycles. The first-order chi connectivity index (χ1) is 10.1. The average molecular weight is 299 g/mol. The molecule has 1 aromatic heterocycles. The van der Waals surface area contributed by atoms with E-state index in [-0.39, 0.29) is 0 Å². The number of halogens is 1. The molecule has 3 rings (SSSR count). The number of rotatable bonds is 2. The molecule has 3 aromatic rings. The summed E-state index contributed by atoms with van der Waals surface area (Å²) in [6.45, 7) is 4.18. The van der Waals surface area contributed by atoms with Crippen molar-refractivity contribution in [3.8, 4) is 17.0 Å². The van der Waals surface area contributed by atoms with Crippen molar-refractivity contribution < 1.29 is 4.74 Å². The largest absolute Gasteiger partial charge is 0.497 e. The number of hydrogen-bond donors (Lipinski definition) is 0. The van der Waals surface area contributed by atoms with Crippen LogP contribution < -0.4 is 4.74 Å². The predicted octanol–water partition coefficient (Wildman–Crippen LogP) is 4.58. The van der Waals surface area contributed by atoms with Gasteiger partial charge in [-0.3, -0.25) is 0 Å². The highest BCUT2D eigenvalue weighted by atomic mass is 35.5. The molecule has 0 saturated heterocycles. The molecule has 0 bridgehead atoms. The third-order valence-corrected chi connectivity index (χ3v) is 4.00. The average Bonchev–Trinajstić information content (AvgIpc) is 2.50. The number of methoxy groups -OCH3 is 1. The van der Waals surface area contributed by atoms with E-state index < -0.39 is 0 Å². The summed E-state index contributed by atoms with van der Waals surface area (Å²) < 4.78 is 5.25. The van der Waals surface area contributed by atoms with Gasteiger partial charge in [0.2, 0.25) is 0 Å². The maximum absolute atomic E-state index is 6.17. The van der Waals surface area contributed by atoms with E-state index in [1.807, 2.05) is 18.2 Å². The molecule has 4 heteroatoms. The normalized spacial score (nSPS) is 10.9. The first-order valence-corrected chi connectivity index (χ1v) is 7.05. The van der Waals surface area contributed by atoms with Crippen LogP contribution in [-0.2, 0) is 0 Å². The van der Waals surface area contributed by atoms with Gasteiger partial charge in [-0.1, -0.05) is 23.7 Å². The number of benzene rings is 2. The van der Waals surface area contributed by atoms with Crippen LogP contribution in [0.4, 0.5) is 0 Å². The van der Waals surface area contributed by atoms with Gasteiger partial charge < -0.3 is 4.74 Å². The smallest absolute Gasteiger partial charge is 0.159 e. The highest BCUT2D eigenvalue weighted by Crippen LogP contribution is 2.32. The van der Waals surface area contributed by atoms with E-state index in [2.05, 4.69) is 42.2 Å². The minimum absolute atomic E-state index is 0.386. The van der Waals surface area contributed by atoms with Crippen LogP contribution in [0.15, 0.2) is 36.4 Å². The van der Waals surface area contributed by atoms with Crippen molar-refractivity contribution in [2.45, 2.75) is 13.8 Å². The fourth-order valence-electron chi connectivity index (χ4n) is 2.33. The van der Waals surface area contributed by atoms with Crippen molar-refractivity contribution in [3.05, 3.63) is 52.7 Å². The van der Waals surface area contributed by atoms with Gasteiger partial charge in [-0.25, -0.2) is 0 Å². The number of aryl methyl sites for hydroxylation is 2. The summed E-state index contributed by atoms with van der Waals surface area (Å²) in [5.41, 5.74) is 4.36. The third-order valence-electron chi connectivity index (χ3n) is 3.72. The lowest BCUT2D eigenvalue weighted by molar-refractivity contribution is 0.415. The number of hydrogen-bond acceptors (Lipinski definition) is 3. The summed E-state index contributed by atoms with van der Waals surface area (Å²) in [4.78, 5) is 0. The van der Waals surface area contributed by atoms with E-state index in [1.165, 1.54) is 11.1 Å². The maximum Gasteiger partial charge on any atom is 0.159 e. The highest BCUT2D eigenvalue weighted by Gasteiger charge is 2.11. The van der Waals surface area contributed by atoms with Gasteiger partial charge in [-0.2, -0.15) is 0 Å². The zero-order valence-corrected chi connectivity index (χ0v) is 12.9. The van der Waals surface area contributed by atoms with E-state index in [4.69, 9.17) is 16.3 Å². The molecule has 1 heterocycles. The number of nitrogens with zero attached hydrogens (tertiary/aromatic N) is 2. The number of ether oxygens (including phenoxy) is 1. The van der Waals surface area contributed by atoms with E-state index in [0.29, 0.717) is 5.15 Å². The second-order valence-electron chi connectivity index (χ2n) is 5.05. The Morgan fingerprint density at radius 1 is 0.905 bits per heavy atom. The van der Waals surface area contributed by atoms with Crippen LogP contribution >= 0.6 is 11.6 Å². The summed E-state index contributed by atoms with van der Waals surface area (Å²) >= 11 is 6.17. The van der Waals surface area contributed by atoms with Gasteiger partial charge >= 0.3 is 0 Å². The monoisotopic (exact) mass is 298 g/mol. The topological polar surface area (TPSA) is 35.0 Å². The Kier molecular flexibility index (Phi) is 3.52.